The number of carbonyl (C=O) groups excluding carboxylic acids is 1. The van der Waals surface area contributed by atoms with E-state index in [0.717, 1.165) is 0 Å². The predicted molar refractivity (Wildman–Crippen MR) is 172 cm³/mol. The van der Waals surface area contributed by atoms with Crippen molar-refractivity contribution in [1.82, 2.24) is 9.99 Å². The first kappa shape index (κ1) is 32.8. The summed E-state index contributed by atoms with van der Waals surface area (Å²) in [5.41, 5.74) is 4.80. The topological polar surface area (TPSA) is 74.6 Å². The minimum atomic E-state index is -0.975. The highest BCUT2D eigenvalue weighted by Crippen LogP contribution is 2.46. The van der Waals surface area contributed by atoms with Gasteiger partial charge in [-0.05, 0) is 49.9 Å². The number of ether oxygens (including phenoxy) is 1. The standard InChI is InChI=1S/C31H44N3O3PS2/c1-22(2)34(23(3)4)38(18-12-17-32)37-19-24(21-39-40-31(5,6)7)33-30(35)36-20-29-27-15-10-8-13-25(27)26-14-9-11-16-28(26)29/h8-11,13-16,22-24,29H,12,18-21H2,1-7H3,(H,33,35). The molecule has 0 saturated carbocycles. The molecule has 1 aliphatic carbocycles. The Morgan fingerprint density at radius 1 is 1.05 bits per heavy atom. The van der Waals surface area contributed by atoms with Gasteiger partial charge in [-0.1, -0.05) is 90.9 Å². The molecule has 2 atom stereocenters. The number of carbonyl (C=O) groups is 1. The summed E-state index contributed by atoms with van der Waals surface area (Å²) in [5.74, 6) is 0.708. The van der Waals surface area contributed by atoms with E-state index < -0.39 is 14.4 Å². The van der Waals surface area contributed by atoms with Crippen molar-refractivity contribution >= 4 is 36.0 Å². The molecule has 218 valence electrons. The largest absolute Gasteiger partial charge is 0.449 e. The Morgan fingerprint density at radius 3 is 2.15 bits per heavy atom. The molecule has 2 aromatic rings. The molecule has 0 spiro atoms. The van der Waals surface area contributed by atoms with Crippen molar-refractivity contribution in [3.63, 3.8) is 0 Å². The Balaban J connectivity index is 1.67. The van der Waals surface area contributed by atoms with E-state index in [1.165, 1.54) is 22.3 Å². The molecule has 1 aliphatic rings. The van der Waals surface area contributed by atoms with Crippen molar-refractivity contribution in [1.29, 1.82) is 5.26 Å². The van der Waals surface area contributed by atoms with Gasteiger partial charge < -0.3 is 14.6 Å². The van der Waals surface area contributed by atoms with Crippen molar-refractivity contribution < 1.29 is 14.1 Å². The van der Waals surface area contributed by atoms with E-state index in [0.29, 0.717) is 37.0 Å². The lowest BCUT2D eigenvalue weighted by molar-refractivity contribution is 0.135. The van der Waals surface area contributed by atoms with Crippen LogP contribution in [0.5, 0.6) is 0 Å². The lowest BCUT2D eigenvalue weighted by Crippen LogP contribution is -2.41. The number of hydrogen-bond acceptors (Lipinski definition) is 7. The number of hydrogen-bond donors (Lipinski definition) is 1. The zero-order valence-electron chi connectivity index (χ0n) is 24.8. The quantitative estimate of drug-likeness (QED) is 0.172. The summed E-state index contributed by atoms with van der Waals surface area (Å²) in [4.78, 5) is 13.1. The van der Waals surface area contributed by atoms with Gasteiger partial charge in [0.1, 0.15) is 14.9 Å². The van der Waals surface area contributed by atoms with Crippen LogP contribution in [0.4, 0.5) is 4.79 Å². The van der Waals surface area contributed by atoms with Crippen LogP contribution in [0.15, 0.2) is 48.5 Å². The zero-order chi connectivity index (χ0) is 29.3. The smallest absolute Gasteiger partial charge is 0.407 e. The molecule has 2 aromatic carbocycles. The van der Waals surface area contributed by atoms with Crippen LogP contribution in [-0.4, -0.2) is 58.8 Å². The molecule has 3 rings (SSSR count). The molecule has 0 saturated heterocycles. The summed E-state index contributed by atoms with van der Waals surface area (Å²) in [6.07, 6.45) is 0.701. The molecule has 1 N–H and O–H groups in total. The highest BCUT2D eigenvalue weighted by molar-refractivity contribution is 8.77. The molecular weight excluding hydrogens is 557 g/mol. The number of nitrogens with zero attached hydrogens (tertiary/aromatic N) is 2. The molecule has 0 heterocycles. The SMILES string of the molecule is CC(C)N(C(C)C)P(CCC#N)OCC(CSSC(C)(C)C)NC(=O)OCC1c2ccccc2-c2ccccc21. The Kier molecular flexibility index (Phi) is 12.7. The lowest BCUT2D eigenvalue weighted by Gasteiger charge is -2.37. The first-order valence-corrected chi connectivity index (χ1v) is 17.7. The van der Waals surface area contributed by atoms with Gasteiger partial charge in [-0.15, -0.1) is 0 Å². The molecule has 0 fully saturated rings. The van der Waals surface area contributed by atoms with Gasteiger partial charge in [-0.3, -0.25) is 4.67 Å². The number of nitriles is 1. The van der Waals surface area contributed by atoms with Crippen LogP contribution in [0.2, 0.25) is 0 Å². The number of rotatable bonds is 14. The van der Waals surface area contributed by atoms with Gasteiger partial charge in [-0.25, -0.2) is 4.79 Å². The monoisotopic (exact) mass is 601 g/mol. The van der Waals surface area contributed by atoms with E-state index in [9.17, 15) is 10.1 Å². The minimum Gasteiger partial charge on any atom is -0.449 e. The summed E-state index contributed by atoms with van der Waals surface area (Å²) in [6, 6.07) is 19.3. The molecule has 9 heteroatoms. The average molecular weight is 602 g/mol. The first-order valence-electron chi connectivity index (χ1n) is 14.0. The minimum absolute atomic E-state index is 0.0168. The molecule has 2 unspecified atom stereocenters. The van der Waals surface area contributed by atoms with Gasteiger partial charge in [0.25, 0.3) is 0 Å². The summed E-state index contributed by atoms with van der Waals surface area (Å²) >= 11 is 0. The van der Waals surface area contributed by atoms with Gasteiger partial charge in [0.2, 0.25) is 0 Å². The van der Waals surface area contributed by atoms with Crippen LogP contribution >= 0.6 is 29.9 Å². The molecule has 1 amide bonds. The van der Waals surface area contributed by atoms with Crippen molar-refractivity contribution in [2.75, 3.05) is 25.1 Å². The Morgan fingerprint density at radius 2 is 1.62 bits per heavy atom. The molecular formula is C31H44N3O3PS2. The Bertz CT molecular complexity index is 1100. The van der Waals surface area contributed by atoms with Crippen LogP contribution < -0.4 is 5.32 Å². The third kappa shape index (κ3) is 9.39. The second-order valence-corrected chi connectivity index (χ2v) is 16.5. The number of benzene rings is 2. The van der Waals surface area contributed by atoms with Gasteiger partial charge >= 0.3 is 6.09 Å². The molecule has 6 nitrogen and oxygen atoms in total. The average Bonchev–Trinajstić information content (AvgIpc) is 3.21. The molecule has 0 radical (unpaired) electrons. The summed E-state index contributed by atoms with van der Waals surface area (Å²) in [5, 5.41) is 12.3. The van der Waals surface area contributed by atoms with Crippen molar-refractivity contribution in [3.8, 4) is 17.2 Å². The maximum absolute atomic E-state index is 13.1. The van der Waals surface area contributed by atoms with Crippen molar-refractivity contribution in [2.24, 2.45) is 0 Å². The first-order chi connectivity index (χ1) is 19.0. The van der Waals surface area contributed by atoms with Gasteiger partial charge in [-0.2, -0.15) is 5.26 Å². The van der Waals surface area contributed by atoms with Crippen molar-refractivity contribution in [3.05, 3.63) is 59.7 Å². The lowest BCUT2D eigenvalue weighted by atomic mass is 9.98. The van der Waals surface area contributed by atoms with Gasteiger partial charge in [0.15, 0.2) is 0 Å². The van der Waals surface area contributed by atoms with E-state index in [-0.39, 0.29) is 23.3 Å². The van der Waals surface area contributed by atoms with Crippen LogP contribution in [0.25, 0.3) is 11.1 Å². The maximum Gasteiger partial charge on any atom is 0.407 e. The summed E-state index contributed by atoms with van der Waals surface area (Å²) in [6.45, 7) is 15.8. The highest BCUT2D eigenvalue weighted by Gasteiger charge is 2.30. The van der Waals surface area contributed by atoms with E-state index >= 15 is 0 Å². The van der Waals surface area contributed by atoms with Gasteiger partial charge in [0, 0.05) is 41.1 Å². The fourth-order valence-electron chi connectivity index (χ4n) is 4.91. The van der Waals surface area contributed by atoms with E-state index in [1.54, 1.807) is 21.6 Å². The third-order valence-corrected chi connectivity index (χ3v) is 12.3. The number of amides is 1. The second kappa shape index (κ2) is 15.5. The second-order valence-electron chi connectivity index (χ2n) is 11.5. The number of alkyl carbamates (subject to hydrolysis) is 1. The van der Waals surface area contributed by atoms with Crippen LogP contribution in [0.1, 0.15) is 71.9 Å². The Hall–Kier alpha value is -1.75. The van der Waals surface area contributed by atoms with E-state index in [1.807, 2.05) is 12.1 Å². The molecule has 40 heavy (non-hydrogen) atoms. The molecule has 0 aliphatic heterocycles. The third-order valence-electron chi connectivity index (χ3n) is 6.40. The fraction of sp³-hybridized carbons (Fsp3) is 0.548. The Labute approximate surface area is 250 Å². The zero-order valence-corrected chi connectivity index (χ0v) is 27.4. The van der Waals surface area contributed by atoms with Crippen LogP contribution in [-0.2, 0) is 9.26 Å². The fourth-order valence-corrected chi connectivity index (χ4v) is 9.60. The van der Waals surface area contributed by atoms with Crippen LogP contribution in [0.3, 0.4) is 0 Å². The predicted octanol–water partition coefficient (Wildman–Crippen LogP) is 8.43. The number of nitrogens with one attached hydrogen (secondary N) is 1. The molecule has 0 aromatic heterocycles. The van der Waals surface area contributed by atoms with Crippen LogP contribution in [0, 0.1) is 11.3 Å². The maximum atomic E-state index is 13.1. The number of fused-ring (bicyclic) bond motifs is 3. The summed E-state index contributed by atoms with van der Waals surface area (Å²) in [7, 11) is 2.55. The normalized spacial score (nSPS) is 14.6. The van der Waals surface area contributed by atoms with Gasteiger partial charge in [0.05, 0.1) is 18.7 Å². The summed E-state index contributed by atoms with van der Waals surface area (Å²) < 4.78 is 14.8. The van der Waals surface area contributed by atoms with E-state index in [4.69, 9.17) is 9.26 Å². The van der Waals surface area contributed by atoms with E-state index in [2.05, 4.69) is 101 Å². The highest BCUT2D eigenvalue weighted by atomic mass is 33.1. The van der Waals surface area contributed by atoms with Crippen molar-refractivity contribution in [2.45, 2.75) is 83.7 Å². The molecule has 0 bridgehead atoms.